The van der Waals surface area contributed by atoms with Crippen molar-refractivity contribution in [1.29, 1.82) is 0 Å². The molecule has 0 aromatic heterocycles. The molecule has 0 aromatic carbocycles. The maximum absolute atomic E-state index is 12.2. The van der Waals surface area contributed by atoms with Crippen molar-refractivity contribution in [3.05, 3.63) is 0 Å². The van der Waals surface area contributed by atoms with Crippen LogP contribution >= 0.6 is 0 Å². The van der Waals surface area contributed by atoms with Crippen molar-refractivity contribution in [2.45, 2.75) is 51.0 Å². The van der Waals surface area contributed by atoms with Gasteiger partial charge in [-0.3, -0.25) is 0 Å². The molecule has 0 spiro atoms. The van der Waals surface area contributed by atoms with Crippen LogP contribution in [-0.2, 0) is 10.0 Å². The van der Waals surface area contributed by atoms with Gasteiger partial charge in [-0.25, -0.2) is 13.1 Å². The van der Waals surface area contributed by atoms with E-state index in [4.69, 9.17) is 0 Å². The van der Waals surface area contributed by atoms with E-state index < -0.39 is 10.0 Å². The third-order valence-corrected chi connectivity index (χ3v) is 6.90. The summed E-state index contributed by atoms with van der Waals surface area (Å²) in [7, 11) is -3.12. The number of nitrogens with zero attached hydrogens (tertiary/aromatic N) is 2. The van der Waals surface area contributed by atoms with Crippen LogP contribution in [0.15, 0.2) is 0 Å². The maximum Gasteiger partial charge on any atom is 0.213 e. The summed E-state index contributed by atoms with van der Waals surface area (Å²) in [5.74, 6) is 1.11. The highest BCUT2D eigenvalue weighted by Crippen LogP contribution is 2.26. The summed E-state index contributed by atoms with van der Waals surface area (Å²) in [4.78, 5) is 4.73. The van der Waals surface area contributed by atoms with Crippen LogP contribution in [0.2, 0.25) is 0 Å². The normalized spacial score (nSPS) is 28.8. The van der Waals surface area contributed by atoms with Gasteiger partial charge in [0, 0.05) is 25.7 Å². The highest BCUT2D eigenvalue weighted by molar-refractivity contribution is 7.89. The maximum atomic E-state index is 12.2. The van der Waals surface area contributed by atoms with E-state index in [1.165, 1.54) is 45.1 Å². The Labute approximate surface area is 135 Å². The molecule has 6 heteroatoms. The topological polar surface area (TPSA) is 52.7 Å². The number of hydrogen-bond acceptors (Lipinski definition) is 4. The molecule has 3 aliphatic rings. The van der Waals surface area contributed by atoms with Crippen LogP contribution in [0.1, 0.15) is 44.9 Å². The van der Waals surface area contributed by atoms with Gasteiger partial charge in [0.2, 0.25) is 10.0 Å². The molecule has 2 saturated heterocycles. The first-order valence-electron chi connectivity index (χ1n) is 9.05. The summed E-state index contributed by atoms with van der Waals surface area (Å²) >= 11 is 0. The third-order valence-electron chi connectivity index (χ3n) is 5.48. The minimum Gasteiger partial charge on any atom is -0.302 e. The largest absolute Gasteiger partial charge is 0.302 e. The molecule has 1 aliphatic carbocycles. The highest BCUT2D eigenvalue weighted by atomic mass is 32.2. The number of sulfonamides is 1. The van der Waals surface area contributed by atoms with Gasteiger partial charge in [-0.1, -0.05) is 12.8 Å². The first-order chi connectivity index (χ1) is 10.6. The molecule has 0 aromatic rings. The van der Waals surface area contributed by atoms with Gasteiger partial charge in [0.25, 0.3) is 0 Å². The van der Waals surface area contributed by atoms with Crippen molar-refractivity contribution in [2.24, 2.45) is 5.92 Å². The molecular formula is C16H31N3O2S. The van der Waals surface area contributed by atoms with Crippen LogP contribution in [0.3, 0.4) is 0 Å². The van der Waals surface area contributed by atoms with E-state index in [-0.39, 0.29) is 11.8 Å². The molecule has 1 unspecified atom stereocenters. The molecule has 5 nitrogen and oxygen atoms in total. The second-order valence-corrected chi connectivity index (χ2v) is 9.25. The van der Waals surface area contributed by atoms with Crippen molar-refractivity contribution in [2.75, 3.05) is 45.0 Å². The Morgan fingerprint density at radius 2 is 1.64 bits per heavy atom. The molecular weight excluding hydrogens is 298 g/mol. The fraction of sp³-hybridized carbons (Fsp3) is 1.00. The van der Waals surface area contributed by atoms with E-state index >= 15 is 0 Å². The zero-order valence-corrected chi connectivity index (χ0v) is 14.5. The molecule has 2 heterocycles. The van der Waals surface area contributed by atoms with Crippen molar-refractivity contribution < 1.29 is 8.42 Å². The average molecular weight is 330 g/mol. The lowest BCUT2D eigenvalue weighted by Gasteiger charge is -2.20. The molecule has 3 rings (SSSR count). The van der Waals surface area contributed by atoms with Crippen molar-refractivity contribution in [3.8, 4) is 0 Å². The van der Waals surface area contributed by atoms with Crippen molar-refractivity contribution in [3.63, 3.8) is 0 Å². The molecule has 0 radical (unpaired) electrons. The fourth-order valence-electron chi connectivity index (χ4n) is 4.22. The van der Waals surface area contributed by atoms with E-state index in [1.54, 1.807) is 0 Å². The highest BCUT2D eigenvalue weighted by Gasteiger charge is 2.28. The Morgan fingerprint density at radius 3 is 2.36 bits per heavy atom. The van der Waals surface area contributed by atoms with Gasteiger partial charge in [-0.15, -0.1) is 0 Å². The SMILES string of the molecule is O=S(=O)(CCN1CCCC1)NC1CCN(CC2CCCC2)C1. The van der Waals surface area contributed by atoms with Gasteiger partial charge < -0.3 is 9.80 Å². The van der Waals surface area contributed by atoms with Crippen molar-refractivity contribution >= 4 is 10.0 Å². The molecule has 2 aliphatic heterocycles. The van der Waals surface area contributed by atoms with Gasteiger partial charge in [0.05, 0.1) is 5.75 Å². The van der Waals surface area contributed by atoms with E-state index in [9.17, 15) is 8.42 Å². The monoisotopic (exact) mass is 329 g/mol. The van der Waals surface area contributed by atoms with Crippen LogP contribution in [-0.4, -0.2) is 69.3 Å². The standard InChI is InChI=1S/C16H31N3O2S/c20-22(21,12-11-18-8-3-4-9-18)17-16-7-10-19(14-16)13-15-5-1-2-6-15/h15-17H,1-14H2. The smallest absolute Gasteiger partial charge is 0.213 e. The van der Waals surface area contributed by atoms with E-state index in [1.807, 2.05) is 0 Å². The van der Waals surface area contributed by atoms with Gasteiger partial charge >= 0.3 is 0 Å². The first-order valence-corrected chi connectivity index (χ1v) is 10.7. The van der Waals surface area contributed by atoms with Gasteiger partial charge in [-0.05, 0) is 57.7 Å². The molecule has 3 fully saturated rings. The van der Waals surface area contributed by atoms with Crippen LogP contribution in [0.4, 0.5) is 0 Å². The summed E-state index contributed by atoms with van der Waals surface area (Å²) in [6, 6.07) is 0.130. The lowest BCUT2D eigenvalue weighted by molar-refractivity contribution is 0.275. The Bertz CT molecular complexity index is 442. The molecule has 22 heavy (non-hydrogen) atoms. The number of nitrogens with one attached hydrogen (secondary N) is 1. The van der Waals surface area contributed by atoms with Gasteiger partial charge in [0.1, 0.15) is 0 Å². The number of likely N-dealkylation sites (tertiary alicyclic amines) is 2. The van der Waals surface area contributed by atoms with Gasteiger partial charge in [0.15, 0.2) is 0 Å². The molecule has 0 amide bonds. The first kappa shape index (κ1) is 16.7. The van der Waals surface area contributed by atoms with Crippen LogP contribution in [0, 0.1) is 5.92 Å². The van der Waals surface area contributed by atoms with Crippen LogP contribution < -0.4 is 4.72 Å². The third kappa shape index (κ3) is 4.91. The predicted octanol–water partition coefficient (Wildman–Crippen LogP) is 1.27. The fourth-order valence-corrected chi connectivity index (χ4v) is 5.54. The minimum absolute atomic E-state index is 0.130. The number of rotatable bonds is 7. The summed E-state index contributed by atoms with van der Waals surface area (Å²) in [6.45, 7) is 5.94. The van der Waals surface area contributed by atoms with E-state index in [0.717, 1.165) is 38.5 Å². The molecule has 1 saturated carbocycles. The van der Waals surface area contributed by atoms with E-state index in [0.29, 0.717) is 6.54 Å². The second kappa shape index (κ2) is 7.60. The zero-order valence-electron chi connectivity index (χ0n) is 13.7. The predicted molar refractivity (Wildman–Crippen MR) is 89.4 cm³/mol. The van der Waals surface area contributed by atoms with Crippen molar-refractivity contribution in [1.82, 2.24) is 14.5 Å². The lowest BCUT2D eigenvalue weighted by Crippen LogP contribution is -2.41. The summed E-state index contributed by atoms with van der Waals surface area (Å²) < 4.78 is 27.4. The molecule has 1 N–H and O–H groups in total. The molecule has 128 valence electrons. The lowest BCUT2D eigenvalue weighted by atomic mass is 10.1. The molecule has 1 atom stereocenters. The summed E-state index contributed by atoms with van der Waals surface area (Å²) in [5, 5.41) is 0. The second-order valence-electron chi connectivity index (χ2n) is 7.38. The Morgan fingerprint density at radius 1 is 0.909 bits per heavy atom. The zero-order chi connectivity index (χ0) is 15.4. The molecule has 0 bridgehead atoms. The number of hydrogen-bond donors (Lipinski definition) is 1. The summed E-state index contributed by atoms with van der Waals surface area (Å²) in [6.07, 6.45) is 8.88. The van der Waals surface area contributed by atoms with Gasteiger partial charge in [-0.2, -0.15) is 0 Å². The van der Waals surface area contributed by atoms with Crippen LogP contribution in [0.5, 0.6) is 0 Å². The minimum atomic E-state index is -3.12. The Balaban J connectivity index is 1.38. The Kier molecular flexibility index (Phi) is 5.76. The Hall–Kier alpha value is -0.170. The average Bonchev–Trinajstić information content (AvgIpc) is 3.19. The summed E-state index contributed by atoms with van der Waals surface area (Å²) in [5.41, 5.74) is 0. The van der Waals surface area contributed by atoms with E-state index in [2.05, 4.69) is 14.5 Å². The van der Waals surface area contributed by atoms with Crippen LogP contribution in [0.25, 0.3) is 0 Å². The quantitative estimate of drug-likeness (QED) is 0.764.